The van der Waals surface area contributed by atoms with Crippen LogP contribution in [0.2, 0.25) is 0 Å². The molecule has 2 heterocycles. The maximum atomic E-state index is 11.6. The predicted octanol–water partition coefficient (Wildman–Crippen LogP) is 1.22. The van der Waals surface area contributed by atoms with Crippen LogP contribution in [0.4, 0.5) is 5.82 Å². The number of primary sulfonamides is 1. The van der Waals surface area contributed by atoms with Gasteiger partial charge in [0, 0.05) is 12.7 Å². The summed E-state index contributed by atoms with van der Waals surface area (Å²) in [6.45, 7) is 0.296. The maximum absolute atomic E-state index is 11.6. The SMILES string of the molecule is NS(=O)(=O)c1ccccc1CNc1ncnc2[nH]ccc12. The Labute approximate surface area is 121 Å². The number of H-pyrrole nitrogens is 1. The summed E-state index contributed by atoms with van der Waals surface area (Å²) in [6, 6.07) is 8.44. The Kier molecular flexibility index (Phi) is 3.32. The summed E-state index contributed by atoms with van der Waals surface area (Å²) in [6.07, 6.45) is 3.20. The first-order valence-electron chi connectivity index (χ1n) is 6.18. The van der Waals surface area contributed by atoms with Crippen molar-refractivity contribution in [3.63, 3.8) is 0 Å². The number of nitrogens with two attached hydrogens (primary N) is 1. The molecule has 0 spiro atoms. The molecule has 0 radical (unpaired) electrons. The van der Waals surface area contributed by atoms with E-state index in [1.807, 2.05) is 6.07 Å². The van der Waals surface area contributed by atoms with Crippen molar-refractivity contribution in [2.75, 3.05) is 5.32 Å². The van der Waals surface area contributed by atoms with E-state index < -0.39 is 10.0 Å². The average Bonchev–Trinajstić information content (AvgIpc) is 2.93. The standard InChI is InChI=1S/C13H13N5O2S/c14-21(19,20)11-4-2-1-3-9(11)7-16-13-10-5-6-15-12(10)17-8-18-13/h1-6,8H,7H2,(H2,14,19,20)(H2,15,16,17,18). The van der Waals surface area contributed by atoms with E-state index >= 15 is 0 Å². The lowest BCUT2D eigenvalue weighted by Gasteiger charge is -2.10. The molecule has 3 aromatic rings. The van der Waals surface area contributed by atoms with Crippen molar-refractivity contribution in [1.29, 1.82) is 0 Å². The first kappa shape index (κ1) is 13.5. The summed E-state index contributed by atoms with van der Waals surface area (Å²) < 4.78 is 23.1. The van der Waals surface area contributed by atoms with Crippen LogP contribution in [-0.2, 0) is 16.6 Å². The first-order valence-corrected chi connectivity index (χ1v) is 7.73. The van der Waals surface area contributed by atoms with Crippen LogP contribution >= 0.6 is 0 Å². The molecule has 1 aromatic carbocycles. The minimum atomic E-state index is -3.75. The maximum Gasteiger partial charge on any atom is 0.238 e. The number of anilines is 1. The lowest BCUT2D eigenvalue weighted by molar-refractivity contribution is 0.597. The van der Waals surface area contributed by atoms with Crippen molar-refractivity contribution in [3.05, 3.63) is 48.4 Å². The fourth-order valence-electron chi connectivity index (χ4n) is 2.12. The number of sulfonamides is 1. The summed E-state index contributed by atoms with van der Waals surface area (Å²) in [5, 5.41) is 9.16. The number of rotatable bonds is 4. The van der Waals surface area contributed by atoms with Gasteiger partial charge in [-0.1, -0.05) is 18.2 Å². The molecule has 0 aliphatic carbocycles. The summed E-state index contributed by atoms with van der Waals surface area (Å²) in [5.74, 6) is 0.630. The van der Waals surface area contributed by atoms with Gasteiger partial charge in [-0.15, -0.1) is 0 Å². The van der Waals surface area contributed by atoms with E-state index in [0.29, 0.717) is 23.6 Å². The van der Waals surface area contributed by atoms with E-state index in [4.69, 9.17) is 5.14 Å². The van der Waals surface area contributed by atoms with Crippen LogP contribution < -0.4 is 10.5 Å². The first-order chi connectivity index (χ1) is 10.1. The van der Waals surface area contributed by atoms with Gasteiger partial charge in [0.1, 0.15) is 17.8 Å². The van der Waals surface area contributed by atoms with E-state index in [2.05, 4.69) is 20.3 Å². The Balaban J connectivity index is 1.91. The topological polar surface area (TPSA) is 114 Å². The van der Waals surface area contributed by atoms with Crippen molar-refractivity contribution in [3.8, 4) is 0 Å². The number of nitrogens with one attached hydrogen (secondary N) is 2. The smallest absolute Gasteiger partial charge is 0.238 e. The molecular weight excluding hydrogens is 290 g/mol. The van der Waals surface area contributed by atoms with Crippen molar-refractivity contribution in [2.24, 2.45) is 5.14 Å². The van der Waals surface area contributed by atoms with Gasteiger partial charge in [0.05, 0.1) is 10.3 Å². The van der Waals surface area contributed by atoms with Gasteiger partial charge in [0.15, 0.2) is 0 Å². The highest BCUT2D eigenvalue weighted by molar-refractivity contribution is 7.89. The Morgan fingerprint density at radius 3 is 2.81 bits per heavy atom. The van der Waals surface area contributed by atoms with Crippen LogP contribution in [0.3, 0.4) is 0 Å². The van der Waals surface area contributed by atoms with Crippen molar-refractivity contribution in [2.45, 2.75) is 11.4 Å². The number of hydrogen-bond donors (Lipinski definition) is 3. The molecule has 0 aliphatic heterocycles. The zero-order valence-electron chi connectivity index (χ0n) is 10.9. The molecule has 0 amide bonds. The Bertz CT molecular complexity index is 888. The van der Waals surface area contributed by atoms with Crippen LogP contribution in [0.15, 0.2) is 47.8 Å². The zero-order valence-corrected chi connectivity index (χ0v) is 11.8. The Morgan fingerprint density at radius 2 is 2.00 bits per heavy atom. The molecule has 21 heavy (non-hydrogen) atoms. The van der Waals surface area contributed by atoms with Gasteiger partial charge in [0.2, 0.25) is 10.0 Å². The predicted molar refractivity (Wildman–Crippen MR) is 79.0 cm³/mol. The minimum Gasteiger partial charge on any atom is -0.365 e. The molecule has 8 heteroatoms. The molecule has 0 saturated heterocycles. The molecule has 2 aromatic heterocycles. The lowest BCUT2D eigenvalue weighted by Crippen LogP contribution is -2.16. The summed E-state index contributed by atoms with van der Waals surface area (Å²) >= 11 is 0. The van der Waals surface area contributed by atoms with Crippen LogP contribution in [0.25, 0.3) is 11.0 Å². The highest BCUT2D eigenvalue weighted by atomic mass is 32.2. The third-order valence-corrected chi connectivity index (χ3v) is 4.09. The number of aromatic nitrogens is 3. The van der Waals surface area contributed by atoms with E-state index in [1.165, 1.54) is 12.4 Å². The molecule has 0 aliphatic rings. The monoisotopic (exact) mass is 303 g/mol. The van der Waals surface area contributed by atoms with Gasteiger partial charge >= 0.3 is 0 Å². The largest absolute Gasteiger partial charge is 0.365 e. The fraction of sp³-hybridized carbons (Fsp3) is 0.0769. The number of aromatic amines is 1. The minimum absolute atomic E-state index is 0.108. The van der Waals surface area contributed by atoms with Crippen molar-refractivity contribution < 1.29 is 8.42 Å². The molecule has 0 bridgehead atoms. The molecule has 3 rings (SSSR count). The summed E-state index contributed by atoms with van der Waals surface area (Å²) in [7, 11) is -3.75. The number of fused-ring (bicyclic) bond motifs is 1. The summed E-state index contributed by atoms with van der Waals surface area (Å²) in [5.41, 5.74) is 1.30. The number of benzene rings is 1. The fourth-order valence-corrected chi connectivity index (χ4v) is 2.89. The van der Waals surface area contributed by atoms with Gasteiger partial charge in [0.25, 0.3) is 0 Å². The highest BCUT2D eigenvalue weighted by Gasteiger charge is 2.13. The molecule has 108 valence electrons. The number of nitrogens with zero attached hydrogens (tertiary/aromatic N) is 2. The molecule has 0 fully saturated rings. The zero-order chi connectivity index (χ0) is 14.9. The second kappa shape index (κ2) is 5.15. The quantitative estimate of drug-likeness (QED) is 0.670. The van der Waals surface area contributed by atoms with Gasteiger partial charge in [-0.25, -0.2) is 23.5 Å². The van der Waals surface area contributed by atoms with E-state index in [-0.39, 0.29) is 4.90 Å². The molecule has 7 nitrogen and oxygen atoms in total. The molecule has 4 N–H and O–H groups in total. The van der Waals surface area contributed by atoms with Crippen LogP contribution in [0, 0.1) is 0 Å². The molecule has 0 saturated carbocycles. The Hall–Kier alpha value is -2.45. The average molecular weight is 303 g/mol. The third-order valence-electron chi connectivity index (χ3n) is 3.08. The van der Waals surface area contributed by atoms with E-state index in [0.717, 1.165) is 5.39 Å². The Morgan fingerprint density at radius 1 is 1.19 bits per heavy atom. The van der Waals surface area contributed by atoms with E-state index in [1.54, 1.807) is 24.4 Å². The molecule has 0 atom stereocenters. The number of hydrogen-bond acceptors (Lipinski definition) is 5. The summed E-state index contributed by atoms with van der Waals surface area (Å²) in [4.78, 5) is 11.3. The third kappa shape index (κ3) is 2.71. The van der Waals surface area contributed by atoms with Gasteiger partial charge in [-0.05, 0) is 17.7 Å². The van der Waals surface area contributed by atoms with Crippen LogP contribution in [-0.4, -0.2) is 23.4 Å². The van der Waals surface area contributed by atoms with Gasteiger partial charge < -0.3 is 10.3 Å². The normalized spacial score (nSPS) is 11.7. The van der Waals surface area contributed by atoms with Crippen LogP contribution in [0.5, 0.6) is 0 Å². The highest BCUT2D eigenvalue weighted by Crippen LogP contribution is 2.20. The van der Waals surface area contributed by atoms with E-state index in [9.17, 15) is 8.42 Å². The van der Waals surface area contributed by atoms with Crippen LogP contribution in [0.1, 0.15) is 5.56 Å². The van der Waals surface area contributed by atoms with Gasteiger partial charge in [-0.2, -0.15) is 0 Å². The van der Waals surface area contributed by atoms with Crippen molar-refractivity contribution >= 4 is 26.9 Å². The second-order valence-corrected chi connectivity index (χ2v) is 6.00. The lowest BCUT2D eigenvalue weighted by atomic mass is 10.2. The van der Waals surface area contributed by atoms with Gasteiger partial charge in [-0.3, -0.25) is 0 Å². The molecule has 0 unspecified atom stereocenters. The van der Waals surface area contributed by atoms with Crippen molar-refractivity contribution in [1.82, 2.24) is 15.0 Å². The second-order valence-electron chi connectivity index (χ2n) is 4.47. The molecular formula is C13H13N5O2S.